The van der Waals surface area contributed by atoms with Crippen LogP contribution in [0.5, 0.6) is 0 Å². The quantitative estimate of drug-likeness (QED) is 0.707. The second-order valence-corrected chi connectivity index (χ2v) is 2.95. The van der Waals surface area contributed by atoms with Crippen molar-refractivity contribution in [2.24, 2.45) is 10.2 Å². The molecule has 0 atom stereocenters. The van der Waals surface area contributed by atoms with Gasteiger partial charge in [-0.25, -0.2) is 0 Å². The Morgan fingerprint density at radius 2 is 2.15 bits per heavy atom. The van der Waals surface area contributed by atoms with Crippen molar-refractivity contribution in [2.45, 2.75) is 13.5 Å². The van der Waals surface area contributed by atoms with Crippen LogP contribution in [0.15, 0.2) is 28.4 Å². The molecule has 70 valence electrons. The third-order valence-corrected chi connectivity index (χ3v) is 1.86. The van der Waals surface area contributed by atoms with Gasteiger partial charge in [0.05, 0.1) is 5.69 Å². The fraction of sp³-hybridized carbons (Fsp3) is 0.400. The Hall–Kier alpha value is -1.22. The largest absolute Gasteiger partial charge is 0.316 e. The average molecular weight is 177 g/mol. The zero-order valence-corrected chi connectivity index (χ0v) is 8.33. The fourth-order valence-electron chi connectivity index (χ4n) is 1.18. The number of nitrogens with one attached hydrogen (secondary N) is 1. The smallest absolute Gasteiger partial charge is 0.0884 e. The molecule has 0 aliphatic rings. The summed E-state index contributed by atoms with van der Waals surface area (Å²) >= 11 is 0. The number of hydrogen-bond donors (Lipinski definition) is 1. The van der Waals surface area contributed by atoms with Gasteiger partial charge >= 0.3 is 0 Å². The molecule has 0 bridgehead atoms. The average Bonchev–Trinajstić information content (AvgIpc) is 2.12. The topological polar surface area (TPSA) is 36.8 Å². The first-order chi connectivity index (χ1) is 6.27. The minimum absolute atomic E-state index is 0.868. The maximum absolute atomic E-state index is 4.05. The van der Waals surface area contributed by atoms with Gasteiger partial charge in [0.15, 0.2) is 0 Å². The van der Waals surface area contributed by atoms with Gasteiger partial charge in [-0.05, 0) is 31.2 Å². The Morgan fingerprint density at radius 1 is 1.38 bits per heavy atom. The lowest BCUT2D eigenvalue weighted by Crippen LogP contribution is -2.04. The van der Waals surface area contributed by atoms with Crippen LogP contribution in [0.1, 0.15) is 11.1 Å². The molecular formula is C10H15N3. The minimum atomic E-state index is 0.868. The van der Waals surface area contributed by atoms with E-state index in [0.717, 1.165) is 17.8 Å². The van der Waals surface area contributed by atoms with E-state index in [-0.39, 0.29) is 0 Å². The van der Waals surface area contributed by atoms with Crippen molar-refractivity contribution in [3.05, 3.63) is 29.3 Å². The number of rotatable bonds is 3. The molecule has 13 heavy (non-hydrogen) atoms. The molecule has 1 aromatic rings. The predicted molar refractivity (Wildman–Crippen MR) is 54.4 cm³/mol. The SMILES string of the molecule is C/N=N\c1cc(CNC)ccc1C. The van der Waals surface area contributed by atoms with Gasteiger partial charge in [0.1, 0.15) is 0 Å². The molecule has 0 aliphatic heterocycles. The molecule has 3 heteroatoms. The summed E-state index contributed by atoms with van der Waals surface area (Å²) in [4.78, 5) is 0. The van der Waals surface area contributed by atoms with Crippen LogP contribution >= 0.6 is 0 Å². The van der Waals surface area contributed by atoms with E-state index in [1.165, 1.54) is 5.56 Å². The van der Waals surface area contributed by atoms with E-state index in [9.17, 15) is 0 Å². The first-order valence-electron chi connectivity index (χ1n) is 4.32. The van der Waals surface area contributed by atoms with Gasteiger partial charge in [0, 0.05) is 13.6 Å². The molecule has 0 saturated carbocycles. The molecule has 0 saturated heterocycles. The van der Waals surface area contributed by atoms with Gasteiger partial charge in [-0.2, -0.15) is 10.2 Å². The summed E-state index contributed by atoms with van der Waals surface area (Å²) in [6, 6.07) is 6.22. The van der Waals surface area contributed by atoms with Gasteiger partial charge in [-0.15, -0.1) is 0 Å². The maximum Gasteiger partial charge on any atom is 0.0884 e. The van der Waals surface area contributed by atoms with E-state index in [0.29, 0.717) is 0 Å². The minimum Gasteiger partial charge on any atom is -0.316 e. The van der Waals surface area contributed by atoms with E-state index in [4.69, 9.17) is 0 Å². The number of nitrogens with zero attached hydrogens (tertiary/aromatic N) is 2. The lowest BCUT2D eigenvalue weighted by Gasteiger charge is -2.03. The molecule has 0 radical (unpaired) electrons. The summed E-state index contributed by atoms with van der Waals surface area (Å²) in [6.07, 6.45) is 0. The zero-order chi connectivity index (χ0) is 9.68. The molecular weight excluding hydrogens is 162 g/mol. The lowest BCUT2D eigenvalue weighted by atomic mass is 10.1. The third kappa shape index (κ3) is 2.63. The fourth-order valence-corrected chi connectivity index (χ4v) is 1.18. The van der Waals surface area contributed by atoms with E-state index >= 15 is 0 Å². The normalized spacial score (nSPS) is 11.0. The van der Waals surface area contributed by atoms with Crippen LogP contribution in [0.3, 0.4) is 0 Å². The third-order valence-electron chi connectivity index (χ3n) is 1.86. The van der Waals surface area contributed by atoms with E-state index in [1.54, 1.807) is 7.05 Å². The van der Waals surface area contributed by atoms with E-state index in [1.807, 2.05) is 14.0 Å². The van der Waals surface area contributed by atoms with Crippen LogP contribution in [0.2, 0.25) is 0 Å². The molecule has 3 nitrogen and oxygen atoms in total. The van der Waals surface area contributed by atoms with Crippen LogP contribution in [0, 0.1) is 6.92 Å². The van der Waals surface area contributed by atoms with Gasteiger partial charge in [0.25, 0.3) is 0 Å². The number of hydrogen-bond acceptors (Lipinski definition) is 3. The molecule has 1 aromatic carbocycles. The predicted octanol–water partition coefficient (Wildman–Crippen LogP) is 2.43. The van der Waals surface area contributed by atoms with Crippen LogP contribution in [-0.2, 0) is 6.54 Å². The number of benzene rings is 1. The van der Waals surface area contributed by atoms with Gasteiger partial charge < -0.3 is 5.32 Å². The number of aryl methyl sites for hydroxylation is 1. The number of azo groups is 1. The molecule has 0 unspecified atom stereocenters. The highest BCUT2D eigenvalue weighted by atomic mass is 15.1. The van der Waals surface area contributed by atoms with Crippen molar-refractivity contribution < 1.29 is 0 Å². The van der Waals surface area contributed by atoms with Crippen molar-refractivity contribution in [3.8, 4) is 0 Å². The Kier molecular flexibility index (Phi) is 3.58. The van der Waals surface area contributed by atoms with Crippen LogP contribution in [0.25, 0.3) is 0 Å². The van der Waals surface area contributed by atoms with Crippen molar-refractivity contribution in [1.82, 2.24) is 5.32 Å². The molecule has 0 aromatic heterocycles. The van der Waals surface area contributed by atoms with Crippen molar-refractivity contribution >= 4 is 5.69 Å². The van der Waals surface area contributed by atoms with Gasteiger partial charge in [-0.1, -0.05) is 12.1 Å². The second-order valence-electron chi connectivity index (χ2n) is 2.95. The zero-order valence-electron chi connectivity index (χ0n) is 8.33. The molecule has 1 rings (SSSR count). The lowest BCUT2D eigenvalue weighted by molar-refractivity contribution is 0.817. The highest BCUT2D eigenvalue weighted by Crippen LogP contribution is 2.20. The second kappa shape index (κ2) is 4.72. The van der Waals surface area contributed by atoms with Crippen molar-refractivity contribution in [1.29, 1.82) is 0 Å². The summed E-state index contributed by atoms with van der Waals surface area (Å²) in [6.45, 7) is 2.90. The standard InChI is InChI=1S/C10H15N3/c1-8-4-5-9(7-11-2)6-10(8)13-12-3/h4-6,11H,7H2,1-3H3/b13-12-. The summed E-state index contributed by atoms with van der Waals surface area (Å²) in [5.41, 5.74) is 3.34. The first kappa shape index (κ1) is 9.86. The Morgan fingerprint density at radius 3 is 2.77 bits per heavy atom. The van der Waals surface area contributed by atoms with Crippen LogP contribution in [-0.4, -0.2) is 14.1 Å². The highest BCUT2D eigenvalue weighted by Gasteiger charge is 1.97. The van der Waals surface area contributed by atoms with Crippen molar-refractivity contribution in [3.63, 3.8) is 0 Å². The van der Waals surface area contributed by atoms with Gasteiger partial charge in [-0.3, -0.25) is 0 Å². The van der Waals surface area contributed by atoms with Gasteiger partial charge in [0.2, 0.25) is 0 Å². The molecule has 0 heterocycles. The molecule has 0 amide bonds. The summed E-state index contributed by atoms with van der Waals surface area (Å²) in [5.74, 6) is 0. The summed E-state index contributed by atoms with van der Waals surface area (Å²) < 4.78 is 0. The summed E-state index contributed by atoms with van der Waals surface area (Å²) in [5, 5.41) is 10.9. The summed E-state index contributed by atoms with van der Waals surface area (Å²) in [7, 11) is 3.62. The molecule has 0 spiro atoms. The van der Waals surface area contributed by atoms with E-state index in [2.05, 4.69) is 33.7 Å². The Labute approximate surface area is 78.9 Å². The molecule has 0 fully saturated rings. The highest BCUT2D eigenvalue weighted by molar-refractivity contribution is 5.47. The maximum atomic E-state index is 4.05. The van der Waals surface area contributed by atoms with Crippen LogP contribution < -0.4 is 5.32 Å². The Bertz CT molecular complexity index is 305. The Balaban J connectivity index is 2.96. The molecule has 1 N–H and O–H groups in total. The monoisotopic (exact) mass is 177 g/mol. The van der Waals surface area contributed by atoms with Crippen molar-refractivity contribution in [2.75, 3.05) is 14.1 Å². The van der Waals surface area contributed by atoms with E-state index < -0.39 is 0 Å². The molecule has 0 aliphatic carbocycles. The van der Waals surface area contributed by atoms with Crippen LogP contribution in [0.4, 0.5) is 5.69 Å². The first-order valence-corrected chi connectivity index (χ1v) is 4.32.